The molecule has 10 nitrogen and oxygen atoms in total. The van der Waals surface area contributed by atoms with Crippen LogP contribution in [0.4, 0.5) is 9.59 Å². The first-order chi connectivity index (χ1) is 20.2. The molecule has 0 aliphatic rings. The Morgan fingerprint density at radius 1 is 0.558 bits per heavy atom. The van der Waals surface area contributed by atoms with Crippen LogP contribution in [-0.2, 0) is 41.8 Å². The highest BCUT2D eigenvalue weighted by atomic mass is 16.6. The Morgan fingerprint density at radius 3 is 1.42 bits per heavy atom. The zero-order chi connectivity index (χ0) is 32.1. The first-order valence-electron chi connectivity index (χ1n) is 14.6. The molecule has 238 valence electrons. The van der Waals surface area contributed by atoms with E-state index in [0.717, 1.165) is 30.4 Å². The summed E-state index contributed by atoms with van der Waals surface area (Å²) in [5.74, 6) is -0.520. The van der Waals surface area contributed by atoms with Gasteiger partial charge in [-0.3, -0.25) is 9.59 Å². The van der Waals surface area contributed by atoms with Crippen LogP contribution in [-0.4, -0.2) is 48.4 Å². The second kappa shape index (κ2) is 19.9. The molecule has 0 fully saturated rings. The number of amides is 2. The summed E-state index contributed by atoms with van der Waals surface area (Å²) in [6.45, 7) is 12.2. The van der Waals surface area contributed by atoms with Gasteiger partial charge in [0.15, 0.2) is 0 Å². The molecule has 0 radical (unpaired) electrons. The van der Waals surface area contributed by atoms with E-state index in [4.69, 9.17) is 18.9 Å². The number of nitrogens with one attached hydrogen (secondary N) is 2. The van der Waals surface area contributed by atoms with Gasteiger partial charge in [-0.1, -0.05) is 67.1 Å². The molecule has 0 heterocycles. The molecule has 0 aromatic heterocycles. The number of hydrogen-bond acceptors (Lipinski definition) is 8. The van der Waals surface area contributed by atoms with Crippen molar-refractivity contribution < 1.29 is 38.1 Å². The van der Waals surface area contributed by atoms with Crippen molar-refractivity contribution in [3.8, 4) is 0 Å². The summed E-state index contributed by atoms with van der Waals surface area (Å²) in [7, 11) is 0. The molecule has 0 saturated heterocycles. The Kier molecular flexibility index (Phi) is 17.1. The normalized spacial score (nSPS) is 10.8. The molecule has 0 atom stereocenters. The maximum Gasteiger partial charge on any atom is 0.407 e. The van der Waals surface area contributed by atoms with Crippen LogP contribution in [0.25, 0.3) is 0 Å². The number of rotatable bonds is 13. The van der Waals surface area contributed by atoms with Crippen LogP contribution in [0.1, 0.15) is 84.8 Å². The van der Waals surface area contributed by atoms with Crippen LogP contribution in [0.15, 0.2) is 60.7 Å². The van der Waals surface area contributed by atoms with E-state index in [1.54, 1.807) is 20.8 Å². The predicted molar refractivity (Wildman–Crippen MR) is 164 cm³/mol. The fourth-order valence-electron chi connectivity index (χ4n) is 3.36. The van der Waals surface area contributed by atoms with Gasteiger partial charge < -0.3 is 29.6 Å². The van der Waals surface area contributed by atoms with Gasteiger partial charge >= 0.3 is 24.1 Å². The highest BCUT2D eigenvalue weighted by molar-refractivity contribution is 5.72. The summed E-state index contributed by atoms with van der Waals surface area (Å²) in [5, 5.41) is 5.21. The van der Waals surface area contributed by atoms with E-state index in [-0.39, 0.29) is 38.1 Å². The fraction of sp³-hybridized carbons (Fsp3) is 0.515. The van der Waals surface area contributed by atoms with Crippen LogP contribution < -0.4 is 10.6 Å². The summed E-state index contributed by atoms with van der Waals surface area (Å²) in [4.78, 5) is 45.8. The summed E-state index contributed by atoms with van der Waals surface area (Å²) >= 11 is 0. The molecule has 2 aromatic carbocycles. The summed E-state index contributed by atoms with van der Waals surface area (Å²) in [5.41, 5.74) is 0.932. The molecule has 0 spiro atoms. The Balaban J connectivity index is 0.000000434. The average Bonchev–Trinajstić information content (AvgIpc) is 2.92. The highest BCUT2D eigenvalue weighted by Gasteiger charge is 2.16. The molecule has 0 saturated carbocycles. The Hall–Kier alpha value is -4.08. The maximum absolute atomic E-state index is 11.5. The van der Waals surface area contributed by atoms with E-state index in [1.807, 2.05) is 81.4 Å². The number of carbonyl (C=O) groups excluding carboxylic acids is 4. The first-order valence-corrected chi connectivity index (χ1v) is 14.6. The summed E-state index contributed by atoms with van der Waals surface area (Å²) in [6.07, 6.45) is 2.00. The number of alkyl carbamates (subject to hydrolysis) is 2. The zero-order valence-corrected chi connectivity index (χ0v) is 26.4. The summed E-state index contributed by atoms with van der Waals surface area (Å²) in [6, 6.07) is 18.9. The van der Waals surface area contributed by atoms with Gasteiger partial charge in [-0.2, -0.15) is 0 Å². The van der Waals surface area contributed by atoms with Crippen molar-refractivity contribution in [2.24, 2.45) is 0 Å². The molecule has 0 aliphatic heterocycles. The van der Waals surface area contributed by atoms with Gasteiger partial charge in [0.2, 0.25) is 0 Å². The van der Waals surface area contributed by atoms with Crippen molar-refractivity contribution in [3.05, 3.63) is 71.8 Å². The van der Waals surface area contributed by atoms with E-state index in [0.29, 0.717) is 13.0 Å². The molecule has 2 amide bonds. The third-order valence-electron chi connectivity index (χ3n) is 5.19. The van der Waals surface area contributed by atoms with Crippen molar-refractivity contribution in [2.75, 3.05) is 13.1 Å². The third kappa shape index (κ3) is 22.2. The molecule has 2 N–H and O–H groups in total. The average molecular weight is 601 g/mol. The van der Waals surface area contributed by atoms with Crippen molar-refractivity contribution in [1.29, 1.82) is 0 Å². The molecule has 0 bridgehead atoms. The topological polar surface area (TPSA) is 129 Å². The molecule has 2 rings (SSSR count). The van der Waals surface area contributed by atoms with Crippen LogP contribution in [0, 0.1) is 0 Å². The van der Waals surface area contributed by atoms with Crippen LogP contribution >= 0.6 is 0 Å². The van der Waals surface area contributed by atoms with Crippen molar-refractivity contribution in [2.45, 2.75) is 98.1 Å². The van der Waals surface area contributed by atoms with Crippen molar-refractivity contribution in [1.82, 2.24) is 10.6 Å². The van der Waals surface area contributed by atoms with Gasteiger partial charge in [0, 0.05) is 19.5 Å². The minimum Gasteiger partial charge on any atom is -0.460 e. The van der Waals surface area contributed by atoms with Crippen molar-refractivity contribution in [3.63, 3.8) is 0 Å². The number of unbranched alkanes of at least 4 members (excludes halogenated alkanes) is 2. The number of ether oxygens (including phenoxy) is 4. The molecule has 0 aliphatic carbocycles. The number of esters is 2. The predicted octanol–water partition coefficient (Wildman–Crippen LogP) is 6.46. The lowest BCUT2D eigenvalue weighted by Crippen LogP contribution is -2.29. The smallest absolute Gasteiger partial charge is 0.407 e. The quantitative estimate of drug-likeness (QED) is 0.152. The number of hydrogen-bond donors (Lipinski definition) is 2. The molecule has 10 heteroatoms. The van der Waals surface area contributed by atoms with E-state index in [9.17, 15) is 19.2 Å². The van der Waals surface area contributed by atoms with Crippen LogP contribution in [0.5, 0.6) is 0 Å². The molecule has 2 aromatic rings. The molecular weight excluding hydrogens is 552 g/mol. The lowest BCUT2D eigenvalue weighted by atomic mass is 10.1. The van der Waals surface area contributed by atoms with Crippen molar-refractivity contribution >= 4 is 24.1 Å². The largest absolute Gasteiger partial charge is 0.460 e. The Labute approximate surface area is 255 Å². The van der Waals surface area contributed by atoms with Gasteiger partial charge in [-0.15, -0.1) is 0 Å². The van der Waals surface area contributed by atoms with Crippen LogP contribution in [0.2, 0.25) is 0 Å². The molecule has 0 unspecified atom stereocenters. The minimum absolute atomic E-state index is 0.123. The standard InChI is InChI=1S/C18H27NO4.C15H21NO4/c1-18(2,3)23-16(20)12-8-5-9-13-19-17(21)22-14-15-10-6-4-7-11-15;1-15(2,3)20-13(17)9-10-16-14(18)19-11-12-7-5-4-6-8-12/h4,6-7,10-11H,5,8-9,12-14H2,1-3H3,(H,19,21);4-8H,9-11H2,1-3H3,(H,16,18). The van der Waals surface area contributed by atoms with Gasteiger partial charge in [-0.25, -0.2) is 9.59 Å². The van der Waals surface area contributed by atoms with E-state index in [1.165, 1.54) is 0 Å². The molecule has 43 heavy (non-hydrogen) atoms. The van der Waals surface area contributed by atoms with Gasteiger partial charge in [0.1, 0.15) is 24.4 Å². The third-order valence-corrected chi connectivity index (χ3v) is 5.19. The number of benzene rings is 2. The highest BCUT2D eigenvalue weighted by Crippen LogP contribution is 2.11. The van der Waals surface area contributed by atoms with Crippen LogP contribution in [0.3, 0.4) is 0 Å². The lowest BCUT2D eigenvalue weighted by Gasteiger charge is -2.19. The second-order valence-corrected chi connectivity index (χ2v) is 11.7. The molecular formula is C33H48N2O8. The first kappa shape index (κ1) is 36.9. The maximum atomic E-state index is 11.5. The van der Waals surface area contributed by atoms with E-state index < -0.39 is 23.4 Å². The second-order valence-electron chi connectivity index (χ2n) is 11.7. The van der Waals surface area contributed by atoms with Gasteiger partial charge in [0.05, 0.1) is 6.42 Å². The Morgan fingerprint density at radius 2 is 0.977 bits per heavy atom. The fourth-order valence-corrected chi connectivity index (χ4v) is 3.36. The van der Waals surface area contributed by atoms with E-state index in [2.05, 4.69) is 10.6 Å². The summed E-state index contributed by atoms with van der Waals surface area (Å²) < 4.78 is 20.5. The van der Waals surface area contributed by atoms with E-state index >= 15 is 0 Å². The van der Waals surface area contributed by atoms with Gasteiger partial charge in [-0.05, 0) is 65.5 Å². The SMILES string of the molecule is CC(C)(C)OC(=O)CCCCCNC(=O)OCc1ccccc1.CC(C)(C)OC(=O)CCNC(=O)OCc1ccccc1. The minimum atomic E-state index is -0.544. The Bertz CT molecular complexity index is 1090. The monoisotopic (exact) mass is 600 g/mol. The number of carbonyl (C=O) groups is 4. The van der Waals surface area contributed by atoms with Gasteiger partial charge in [0.25, 0.3) is 0 Å². The zero-order valence-electron chi connectivity index (χ0n) is 26.4. The lowest BCUT2D eigenvalue weighted by molar-refractivity contribution is -0.155.